The number of benzene rings is 1. The molecule has 0 heterocycles. The SMILES string of the molecule is CC[C@H](OCOCc1ccccc1)C(N)=O. The van der Waals surface area contributed by atoms with Gasteiger partial charge in [0.25, 0.3) is 0 Å². The predicted molar refractivity (Wildman–Crippen MR) is 60.5 cm³/mol. The van der Waals surface area contributed by atoms with Crippen LogP contribution in [-0.2, 0) is 20.9 Å². The minimum Gasteiger partial charge on any atom is -0.367 e. The minimum absolute atomic E-state index is 0.0797. The van der Waals surface area contributed by atoms with Crippen molar-refractivity contribution < 1.29 is 14.3 Å². The molecule has 4 heteroatoms. The van der Waals surface area contributed by atoms with Crippen LogP contribution < -0.4 is 5.73 Å². The van der Waals surface area contributed by atoms with E-state index in [-0.39, 0.29) is 6.79 Å². The largest absolute Gasteiger partial charge is 0.367 e. The number of hydrogen-bond donors (Lipinski definition) is 1. The number of amides is 1. The first-order valence-electron chi connectivity index (χ1n) is 5.26. The summed E-state index contributed by atoms with van der Waals surface area (Å²) in [7, 11) is 0. The van der Waals surface area contributed by atoms with Crippen molar-refractivity contribution in [2.75, 3.05) is 6.79 Å². The molecule has 0 saturated carbocycles. The summed E-state index contributed by atoms with van der Waals surface area (Å²) in [4.78, 5) is 10.8. The van der Waals surface area contributed by atoms with Crippen molar-refractivity contribution >= 4 is 5.91 Å². The van der Waals surface area contributed by atoms with Crippen LogP contribution >= 0.6 is 0 Å². The van der Waals surface area contributed by atoms with Gasteiger partial charge >= 0.3 is 0 Å². The van der Waals surface area contributed by atoms with Gasteiger partial charge in [-0.15, -0.1) is 0 Å². The Labute approximate surface area is 95.3 Å². The van der Waals surface area contributed by atoms with Crippen LogP contribution in [0.2, 0.25) is 0 Å². The second-order valence-electron chi connectivity index (χ2n) is 3.42. The second-order valence-corrected chi connectivity index (χ2v) is 3.42. The van der Waals surface area contributed by atoms with Gasteiger partial charge in [0.1, 0.15) is 12.9 Å². The second kappa shape index (κ2) is 6.98. The Hall–Kier alpha value is -1.39. The maximum Gasteiger partial charge on any atom is 0.246 e. The van der Waals surface area contributed by atoms with Crippen LogP contribution in [0, 0.1) is 0 Å². The molecule has 0 saturated heterocycles. The highest BCUT2D eigenvalue weighted by Gasteiger charge is 2.12. The summed E-state index contributed by atoms with van der Waals surface area (Å²) in [5.74, 6) is -0.453. The molecular weight excluding hydrogens is 206 g/mol. The van der Waals surface area contributed by atoms with Gasteiger partial charge in [-0.05, 0) is 12.0 Å². The molecule has 1 amide bonds. The lowest BCUT2D eigenvalue weighted by atomic mass is 10.2. The molecule has 0 aliphatic carbocycles. The van der Waals surface area contributed by atoms with Crippen molar-refractivity contribution in [2.45, 2.75) is 26.1 Å². The Morgan fingerprint density at radius 3 is 2.62 bits per heavy atom. The fraction of sp³-hybridized carbons (Fsp3) is 0.417. The van der Waals surface area contributed by atoms with Crippen LogP contribution in [0.25, 0.3) is 0 Å². The third kappa shape index (κ3) is 4.42. The van der Waals surface area contributed by atoms with Crippen molar-refractivity contribution in [3.63, 3.8) is 0 Å². The summed E-state index contributed by atoms with van der Waals surface area (Å²) in [5, 5.41) is 0. The highest BCUT2D eigenvalue weighted by atomic mass is 16.7. The molecule has 1 aromatic carbocycles. The van der Waals surface area contributed by atoms with Gasteiger partial charge in [-0.3, -0.25) is 4.79 Å². The molecule has 0 aromatic heterocycles. The molecule has 0 spiro atoms. The number of hydrogen-bond acceptors (Lipinski definition) is 3. The van der Waals surface area contributed by atoms with Crippen molar-refractivity contribution in [3.8, 4) is 0 Å². The van der Waals surface area contributed by atoms with Crippen LogP contribution in [0.4, 0.5) is 0 Å². The van der Waals surface area contributed by atoms with Crippen LogP contribution in [0.5, 0.6) is 0 Å². The molecule has 1 atom stereocenters. The van der Waals surface area contributed by atoms with Gasteiger partial charge in [0.05, 0.1) is 6.61 Å². The van der Waals surface area contributed by atoms with E-state index in [1.165, 1.54) is 0 Å². The zero-order valence-corrected chi connectivity index (χ0v) is 9.39. The molecule has 0 aliphatic heterocycles. The summed E-state index contributed by atoms with van der Waals surface area (Å²) >= 11 is 0. The molecule has 2 N–H and O–H groups in total. The van der Waals surface area contributed by atoms with E-state index >= 15 is 0 Å². The average molecular weight is 223 g/mol. The Morgan fingerprint density at radius 1 is 1.38 bits per heavy atom. The monoisotopic (exact) mass is 223 g/mol. The summed E-state index contributed by atoms with van der Waals surface area (Å²) in [6.07, 6.45) is 0.0000848. The number of rotatable bonds is 7. The van der Waals surface area contributed by atoms with Gasteiger partial charge < -0.3 is 15.2 Å². The maximum atomic E-state index is 10.8. The number of ether oxygens (including phenoxy) is 2. The molecule has 0 fully saturated rings. The van der Waals surface area contributed by atoms with Gasteiger partial charge in [-0.1, -0.05) is 37.3 Å². The zero-order valence-electron chi connectivity index (χ0n) is 9.39. The van der Waals surface area contributed by atoms with Crippen molar-refractivity contribution in [3.05, 3.63) is 35.9 Å². The lowest BCUT2D eigenvalue weighted by Gasteiger charge is -2.12. The number of carbonyl (C=O) groups is 1. The highest BCUT2D eigenvalue weighted by Crippen LogP contribution is 2.02. The molecule has 1 rings (SSSR count). The van der Waals surface area contributed by atoms with E-state index in [4.69, 9.17) is 15.2 Å². The minimum atomic E-state index is -0.559. The number of nitrogens with two attached hydrogens (primary N) is 1. The third-order valence-electron chi connectivity index (χ3n) is 2.15. The lowest BCUT2D eigenvalue weighted by Crippen LogP contribution is -2.31. The highest BCUT2D eigenvalue weighted by molar-refractivity contribution is 5.78. The van der Waals surface area contributed by atoms with Crippen LogP contribution in [0.15, 0.2) is 30.3 Å². The average Bonchev–Trinajstić information content (AvgIpc) is 2.30. The summed E-state index contributed by atoms with van der Waals surface area (Å²) in [6.45, 7) is 2.39. The Kier molecular flexibility index (Phi) is 5.53. The Bertz CT molecular complexity index is 313. The van der Waals surface area contributed by atoms with Gasteiger partial charge in [0, 0.05) is 0 Å². The molecule has 0 bridgehead atoms. The standard InChI is InChI=1S/C12H17NO3/c1-2-11(12(13)14)16-9-15-8-10-6-4-3-5-7-10/h3-7,11H,2,8-9H2,1H3,(H2,13,14)/t11-/m0/s1. The molecule has 0 aliphatic rings. The van der Waals surface area contributed by atoms with Gasteiger partial charge in [-0.2, -0.15) is 0 Å². The molecule has 1 aromatic rings. The first-order chi connectivity index (χ1) is 7.74. The van der Waals surface area contributed by atoms with Crippen LogP contribution in [0.3, 0.4) is 0 Å². The van der Waals surface area contributed by atoms with E-state index in [1.807, 2.05) is 37.3 Å². The first kappa shape index (κ1) is 12.7. The fourth-order valence-electron chi connectivity index (χ4n) is 1.27. The van der Waals surface area contributed by atoms with Crippen LogP contribution in [-0.4, -0.2) is 18.8 Å². The predicted octanol–water partition coefficient (Wildman–Crippen LogP) is 1.44. The number of carbonyl (C=O) groups excluding carboxylic acids is 1. The molecule has 4 nitrogen and oxygen atoms in total. The third-order valence-corrected chi connectivity index (χ3v) is 2.15. The lowest BCUT2D eigenvalue weighted by molar-refractivity contribution is -0.142. The molecule has 16 heavy (non-hydrogen) atoms. The Balaban J connectivity index is 2.19. The molecule has 0 unspecified atom stereocenters. The van der Waals surface area contributed by atoms with Gasteiger partial charge in [0.2, 0.25) is 5.91 Å². The molecular formula is C12H17NO3. The van der Waals surface area contributed by atoms with E-state index < -0.39 is 12.0 Å². The van der Waals surface area contributed by atoms with Crippen LogP contribution in [0.1, 0.15) is 18.9 Å². The maximum absolute atomic E-state index is 10.8. The Morgan fingerprint density at radius 2 is 2.06 bits per heavy atom. The summed E-state index contributed by atoms with van der Waals surface area (Å²) < 4.78 is 10.4. The smallest absolute Gasteiger partial charge is 0.246 e. The summed E-state index contributed by atoms with van der Waals surface area (Å²) in [5.41, 5.74) is 6.19. The topological polar surface area (TPSA) is 61.6 Å². The van der Waals surface area contributed by atoms with E-state index in [0.717, 1.165) is 5.56 Å². The van der Waals surface area contributed by atoms with Crippen molar-refractivity contribution in [2.24, 2.45) is 5.73 Å². The summed E-state index contributed by atoms with van der Waals surface area (Å²) in [6, 6.07) is 9.76. The van der Waals surface area contributed by atoms with E-state index in [0.29, 0.717) is 13.0 Å². The molecule has 88 valence electrons. The fourth-order valence-corrected chi connectivity index (χ4v) is 1.27. The number of primary amides is 1. The normalized spacial score (nSPS) is 12.3. The quantitative estimate of drug-likeness (QED) is 0.562. The van der Waals surface area contributed by atoms with Crippen molar-refractivity contribution in [1.29, 1.82) is 0 Å². The van der Waals surface area contributed by atoms with Gasteiger partial charge in [-0.25, -0.2) is 0 Å². The van der Waals surface area contributed by atoms with E-state index in [1.54, 1.807) is 0 Å². The van der Waals surface area contributed by atoms with E-state index in [9.17, 15) is 4.79 Å². The zero-order chi connectivity index (χ0) is 11.8. The van der Waals surface area contributed by atoms with Gasteiger partial charge in [0.15, 0.2) is 0 Å². The van der Waals surface area contributed by atoms with Crippen molar-refractivity contribution in [1.82, 2.24) is 0 Å². The van der Waals surface area contributed by atoms with E-state index in [2.05, 4.69) is 0 Å². The molecule has 0 radical (unpaired) electrons. The first-order valence-corrected chi connectivity index (χ1v) is 5.26.